The second kappa shape index (κ2) is 11.9. The minimum atomic E-state index is -3.64. The van der Waals surface area contributed by atoms with Gasteiger partial charge in [-0.3, -0.25) is 9.59 Å². The fourth-order valence-corrected chi connectivity index (χ4v) is 6.34. The fraction of sp³-hybridized carbons (Fsp3) is 0.423. The average Bonchev–Trinajstić information content (AvgIpc) is 3.15. The quantitative estimate of drug-likeness (QED) is 0.361. The van der Waals surface area contributed by atoms with Gasteiger partial charge in [-0.2, -0.15) is 9.30 Å². The highest BCUT2D eigenvalue weighted by Gasteiger charge is 2.23. The molecule has 10 heteroatoms. The van der Waals surface area contributed by atoms with E-state index in [-0.39, 0.29) is 23.6 Å². The molecular weight excluding hydrogens is 498 g/mol. The van der Waals surface area contributed by atoms with Crippen molar-refractivity contribution in [2.75, 3.05) is 19.7 Å². The molecule has 3 aromatic rings. The van der Waals surface area contributed by atoms with E-state index in [0.29, 0.717) is 17.9 Å². The first-order valence-corrected chi connectivity index (χ1v) is 14.3. The summed E-state index contributed by atoms with van der Waals surface area (Å²) in [6, 6.07) is 9.82. The number of carbonyl (C=O) groups is 2. The summed E-state index contributed by atoms with van der Waals surface area (Å²) in [6.45, 7) is 10.6. The number of nitrogens with zero attached hydrogens (tertiary/aromatic N) is 3. The van der Waals surface area contributed by atoms with Crippen LogP contribution in [0.15, 0.2) is 46.3 Å². The number of rotatable bonds is 10. The molecule has 0 atom stereocenters. The van der Waals surface area contributed by atoms with Crippen molar-refractivity contribution in [2.24, 2.45) is 4.99 Å². The van der Waals surface area contributed by atoms with E-state index in [2.05, 4.69) is 4.99 Å². The molecule has 1 heterocycles. The van der Waals surface area contributed by atoms with Crippen LogP contribution in [0.5, 0.6) is 0 Å². The van der Waals surface area contributed by atoms with Gasteiger partial charge >= 0.3 is 5.97 Å². The van der Waals surface area contributed by atoms with Crippen LogP contribution in [0.1, 0.15) is 55.1 Å². The molecule has 36 heavy (non-hydrogen) atoms. The molecule has 0 fully saturated rings. The van der Waals surface area contributed by atoms with Gasteiger partial charge in [0.05, 0.1) is 21.7 Å². The molecule has 1 amide bonds. The number of carbonyl (C=O) groups excluding carboxylic acids is 2. The van der Waals surface area contributed by atoms with Crippen LogP contribution in [0.4, 0.5) is 0 Å². The van der Waals surface area contributed by atoms with Crippen molar-refractivity contribution in [1.29, 1.82) is 0 Å². The van der Waals surface area contributed by atoms with Crippen molar-refractivity contribution in [3.8, 4) is 0 Å². The smallest absolute Gasteiger partial charge is 0.326 e. The van der Waals surface area contributed by atoms with Gasteiger partial charge in [0.15, 0.2) is 4.80 Å². The van der Waals surface area contributed by atoms with E-state index >= 15 is 0 Å². The number of aryl methyl sites for hydroxylation is 2. The van der Waals surface area contributed by atoms with Crippen LogP contribution in [-0.2, 0) is 26.1 Å². The zero-order valence-corrected chi connectivity index (χ0v) is 23.0. The Balaban J connectivity index is 1.98. The van der Waals surface area contributed by atoms with Crippen molar-refractivity contribution >= 4 is 43.5 Å². The summed E-state index contributed by atoms with van der Waals surface area (Å²) in [7, 11) is -3.64. The van der Waals surface area contributed by atoms with E-state index < -0.39 is 21.9 Å². The molecule has 0 saturated carbocycles. The van der Waals surface area contributed by atoms with Crippen molar-refractivity contribution in [3.05, 3.63) is 57.9 Å². The number of esters is 1. The lowest BCUT2D eigenvalue weighted by Crippen LogP contribution is -2.31. The highest BCUT2D eigenvalue weighted by atomic mass is 32.2. The molecule has 0 aliphatic heterocycles. The zero-order valence-electron chi connectivity index (χ0n) is 21.4. The predicted molar refractivity (Wildman–Crippen MR) is 142 cm³/mol. The van der Waals surface area contributed by atoms with Gasteiger partial charge in [0.2, 0.25) is 10.0 Å². The molecule has 0 radical (unpaired) electrons. The summed E-state index contributed by atoms with van der Waals surface area (Å²) in [6.07, 6.45) is 1.68. The number of unbranched alkanes of at least 4 members (excludes halogenated alkanes) is 1. The first kappa shape index (κ1) is 27.8. The second-order valence-corrected chi connectivity index (χ2v) is 11.4. The van der Waals surface area contributed by atoms with E-state index in [0.717, 1.165) is 34.2 Å². The maximum absolute atomic E-state index is 13.0. The third kappa shape index (κ3) is 6.11. The molecule has 8 nitrogen and oxygen atoms in total. The van der Waals surface area contributed by atoms with E-state index in [4.69, 9.17) is 4.74 Å². The molecule has 0 saturated heterocycles. The summed E-state index contributed by atoms with van der Waals surface area (Å²) in [4.78, 5) is 30.1. The van der Waals surface area contributed by atoms with Crippen LogP contribution in [-0.4, -0.2) is 48.9 Å². The Morgan fingerprint density at radius 3 is 2.33 bits per heavy atom. The first-order valence-electron chi connectivity index (χ1n) is 12.1. The molecule has 0 bridgehead atoms. The number of amides is 1. The molecule has 0 aliphatic rings. The SMILES string of the molecule is CCCCN(CC)S(=O)(=O)c1ccc(C(=O)N=c2sc3cc(C)c(C)cc3n2CC(=O)OCC)cc1. The van der Waals surface area contributed by atoms with Crippen molar-refractivity contribution in [2.45, 2.75) is 58.9 Å². The average molecular weight is 532 g/mol. The Hall–Kier alpha value is -2.82. The Bertz CT molecular complexity index is 1420. The van der Waals surface area contributed by atoms with Gasteiger partial charge < -0.3 is 9.30 Å². The molecule has 1 aromatic heterocycles. The third-order valence-electron chi connectivity index (χ3n) is 5.94. The molecule has 0 unspecified atom stereocenters. The molecule has 2 aromatic carbocycles. The van der Waals surface area contributed by atoms with Crippen molar-refractivity contribution < 1.29 is 22.7 Å². The Kier molecular flexibility index (Phi) is 9.21. The number of hydrogen-bond donors (Lipinski definition) is 0. The lowest BCUT2D eigenvalue weighted by molar-refractivity contribution is -0.143. The Morgan fingerprint density at radius 2 is 1.72 bits per heavy atom. The molecule has 3 rings (SSSR count). The first-order chi connectivity index (χ1) is 17.1. The van der Waals surface area contributed by atoms with Crippen LogP contribution in [0, 0.1) is 13.8 Å². The minimum absolute atomic E-state index is 0.0652. The standard InChI is InChI=1S/C26H33N3O5S2/c1-6-9-14-28(7-2)36(32,33)21-12-10-20(11-13-21)25(31)27-26-29(17-24(30)34-8-3)22-15-18(4)19(5)16-23(22)35-26/h10-13,15-16H,6-9,14,17H2,1-5H3. The number of hydrogen-bond acceptors (Lipinski definition) is 6. The van der Waals surface area contributed by atoms with Gasteiger partial charge in [-0.25, -0.2) is 8.42 Å². The van der Waals surface area contributed by atoms with Crippen molar-refractivity contribution in [3.63, 3.8) is 0 Å². The van der Waals surface area contributed by atoms with Gasteiger partial charge in [-0.15, -0.1) is 0 Å². The number of sulfonamides is 1. The van der Waals surface area contributed by atoms with Crippen LogP contribution in [0.25, 0.3) is 10.2 Å². The van der Waals surface area contributed by atoms with Gasteiger partial charge in [0, 0.05) is 18.7 Å². The number of aromatic nitrogens is 1. The molecular formula is C26H33N3O5S2. The van der Waals surface area contributed by atoms with E-state index in [9.17, 15) is 18.0 Å². The summed E-state index contributed by atoms with van der Waals surface area (Å²) < 4.78 is 35.1. The summed E-state index contributed by atoms with van der Waals surface area (Å²) in [5, 5.41) is 0. The van der Waals surface area contributed by atoms with Crippen LogP contribution < -0.4 is 4.80 Å². The summed E-state index contributed by atoms with van der Waals surface area (Å²) >= 11 is 1.32. The zero-order chi connectivity index (χ0) is 26.5. The third-order valence-corrected chi connectivity index (χ3v) is 8.97. The maximum atomic E-state index is 13.0. The number of benzene rings is 2. The van der Waals surface area contributed by atoms with Gasteiger partial charge in [0.1, 0.15) is 6.54 Å². The molecule has 194 valence electrons. The van der Waals surface area contributed by atoms with E-state index in [1.165, 1.54) is 39.9 Å². The summed E-state index contributed by atoms with van der Waals surface area (Å²) in [5.74, 6) is -0.933. The van der Waals surface area contributed by atoms with E-state index in [1.807, 2.05) is 39.8 Å². The monoisotopic (exact) mass is 531 g/mol. The van der Waals surface area contributed by atoms with E-state index in [1.54, 1.807) is 11.5 Å². The van der Waals surface area contributed by atoms with Gasteiger partial charge in [0.25, 0.3) is 5.91 Å². The molecule has 0 aliphatic carbocycles. The van der Waals surface area contributed by atoms with Gasteiger partial charge in [-0.1, -0.05) is 31.6 Å². The second-order valence-electron chi connectivity index (χ2n) is 8.47. The molecule has 0 N–H and O–H groups in total. The lowest BCUT2D eigenvalue weighted by atomic mass is 10.1. The van der Waals surface area contributed by atoms with Crippen molar-refractivity contribution in [1.82, 2.24) is 8.87 Å². The largest absolute Gasteiger partial charge is 0.465 e. The highest BCUT2D eigenvalue weighted by molar-refractivity contribution is 7.89. The Labute approximate surface area is 216 Å². The van der Waals surface area contributed by atoms with Crippen LogP contribution >= 0.6 is 11.3 Å². The minimum Gasteiger partial charge on any atom is -0.465 e. The van der Waals surface area contributed by atoms with Crippen LogP contribution in [0.2, 0.25) is 0 Å². The maximum Gasteiger partial charge on any atom is 0.326 e. The van der Waals surface area contributed by atoms with Crippen LogP contribution in [0.3, 0.4) is 0 Å². The Morgan fingerprint density at radius 1 is 1.06 bits per heavy atom. The normalized spacial score (nSPS) is 12.4. The van der Waals surface area contributed by atoms with Gasteiger partial charge in [-0.05, 0) is 74.7 Å². The molecule has 0 spiro atoms. The number of fused-ring (bicyclic) bond motifs is 1. The topological polar surface area (TPSA) is 98.0 Å². The fourth-order valence-electron chi connectivity index (χ4n) is 3.75. The number of ether oxygens (including phenoxy) is 1. The predicted octanol–water partition coefficient (Wildman–Crippen LogP) is 4.43. The highest BCUT2D eigenvalue weighted by Crippen LogP contribution is 2.23. The lowest BCUT2D eigenvalue weighted by Gasteiger charge is -2.20. The number of thiazole rings is 1. The summed E-state index contributed by atoms with van der Waals surface area (Å²) in [5.41, 5.74) is 3.23.